The molecule has 0 saturated carbocycles. The lowest BCUT2D eigenvalue weighted by Crippen LogP contribution is -2.08. The lowest BCUT2D eigenvalue weighted by molar-refractivity contribution is 0.0663. The Kier molecular flexibility index (Phi) is 3.02. The second-order valence-electron chi connectivity index (χ2n) is 3.66. The van der Waals surface area contributed by atoms with Crippen LogP contribution in [0.2, 0.25) is 0 Å². The summed E-state index contributed by atoms with van der Waals surface area (Å²) in [5, 5.41) is 17.6. The van der Waals surface area contributed by atoms with Crippen molar-refractivity contribution >= 4 is 17.5 Å². The van der Waals surface area contributed by atoms with Crippen molar-refractivity contribution in [1.82, 2.24) is 0 Å². The van der Waals surface area contributed by atoms with Crippen LogP contribution in [0.3, 0.4) is 0 Å². The van der Waals surface area contributed by atoms with E-state index >= 15 is 0 Å². The lowest BCUT2D eigenvalue weighted by Gasteiger charge is -2.15. The van der Waals surface area contributed by atoms with Gasteiger partial charge in [0.1, 0.15) is 0 Å². The zero-order valence-corrected chi connectivity index (χ0v) is 9.62. The third kappa shape index (κ3) is 2.18. The van der Waals surface area contributed by atoms with Crippen molar-refractivity contribution in [2.24, 2.45) is 0 Å². The molecule has 0 amide bonds. The van der Waals surface area contributed by atoms with Gasteiger partial charge in [0.05, 0.1) is 11.6 Å². The first kappa shape index (κ1) is 11.7. The maximum Gasteiger partial charge on any atom is 0.371 e. The fourth-order valence-corrected chi connectivity index (χ4v) is 1.53. The number of carbonyl (C=O) groups is 1. The Labute approximate surface area is 103 Å². The van der Waals surface area contributed by atoms with Crippen molar-refractivity contribution in [2.45, 2.75) is 0 Å². The van der Waals surface area contributed by atoms with E-state index in [4.69, 9.17) is 14.8 Å². The molecule has 1 aromatic heterocycles. The van der Waals surface area contributed by atoms with Gasteiger partial charge in [0, 0.05) is 18.8 Å². The normalized spacial score (nSPS) is 9.78. The molecule has 5 nitrogen and oxygen atoms in total. The van der Waals surface area contributed by atoms with E-state index in [0.717, 1.165) is 5.69 Å². The smallest absolute Gasteiger partial charge is 0.371 e. The van der Waals surface area contributed by atoms with Gasteiger partial charge in [0.25, 0.3) is 0 Å². The molecule has 0 unspecified atom stereocenters. The van der Waals surface area contributed by atoms with Crippen molar-refractivity contribution in [2.75, 3.05) is 11.9 Å². The number of carboxylic acids is 1. The third-order valence-corrected chi connectivity index (χ3v) is 2.50. The Balaban J connectivity index is 2.32. The van der Waals surface area contributed by atoms with Crippen LogP contribution in [0.5, 0.6) is 0 Å². The SMILES string of the molecule is CN(c1cccc(C#N)c1)c1ccc(C(=O)O)o1. The number of hydrogen-bond donors (Lipinski definition) is 1. The summed E-state index contributed by atoms with van der Waals surface area (Å²) in [5.74, 6) is -0.823. The molecule has 0 bridgehead atoms. The molecule has 0 aliphatic heterocycles. The lowest BCUT2D eigenvalue weighted by atomic mass is 10.2. The van der Waals surface area contributed by atoms with E-state index < -0.39 is 5.97 Å². The van der Waals surface area contributed by atoms with Gasteiger partial charge in [0.2, 0.25) is 11.6 Å². The van der Waals surface area contributed by atoms with Crippen LogP contribution in [-0.2, 0) is 0 Å². The van der Waals surface area contributed by atoms with Gasteiger partial charge in [-0.25, -0.2) is 4.79 Å². The van der Waals surface area contributed by atoms with E-state index in [1.807, 2.05) is 12.1 Å². The standard InChI is InChI=1S/C13H10N2O3/c1-15(10-4-2-3-9(7-10)8-14)12-6-5-11(18-12)13(16)17/h2-7H,1H3,(H,16,17). The molecule has 1 N–H and O–H groups in total. The van der Waals surface area contributed by atoms with Gasteiger partial charge in [-0.1, -0.05) is 6.07 Å². The molecule has 0 atom stereocenters. The maximum atomic E-state index is 10.7. The van der Waals surface area contributed by atoms with Crippen LogP contribution in [0.4, 0.5) is 11.6 Å². The highest BCUT2D eigenvalue weighted by atomic mass is 16.4. The van der Waals surface area contributed by atoms with Gasteiger partial charge < -0.3 is 14.4 Å². The molecule has 1 heterocycles. The number of rotatable bonds is 3. The van der Waals surface area contributed by atoms with Crippen LogP contribution >= 0.6 is 0 Å². The highest BCUT2D eigenvalue weighted by Gasteiger charge is 2.13. The Morgan fingerprint density at radius 2 is 2.17 bits per heavy atom. The second kappa shape index (κ2) is 4.63. The number of carboxylic acid groups (broad SMARTS) is 1. The largest absolute Gasteiger partial charge is 0.475 e. The van der Waals surface area contributed by atoms with Crippen molar-refractivity contribution in [3.8, 4) is 6.07 Å². The monoisotopic (exact) mass is 242 g/mol. The number of nitriles is 1. The first-order valence-electron chi connectivity index (χ1n) is 5.19. The average Bonchev–Trinajstić information content (AvgIpc) is 2.87. The molecule has 1 aromatic carbocycles. The quantitative estimate of drug-likeness (QED) is 0.895. The molecular weight excluding hydrogens is 232 g/mol. The zero-order chi connectivity index (χ0) is 13.1. The number of nitrogens with zero attached hydrogens (tertiary/aromatic N) is 2. The van der Waals surface area contributed by atoms with Crippen LogP contribution < -0.4 is 4.90 Å². The minimum absolute atomic E-state index is 0.117. The van der Waals surface area contributed by atoms with E-state index in [0.29, 0.717) is 11.4 Å². The maximum absolute atomic E-state index is 10.7. The summed E-state index contributed by atoms with van der Waals surface area (Å²) in [6.07, 6.45) is 0. The number of furan rings is 1. The van der Waals surface area contributed by atoms with Gasteiger partial charge in [-0.2, -0.15) is 5.26 Å². The van der Waals surface area contributed by atoms with E-state index in [9.17, 15) is 4.79 Å². The highest BCUT2D eigenvalue weighted by Crippen LogP contribution is 2.26. The molecule has 2 rings (SSSR count). The molecule has 18 heavy (non-hydrogen) atoms. The van der Waals surface area contributed by atoms with E-state index in [-0.39, 0.29) is 5.76 Å². The molecule has 0 fully saturated rings. The van der Waals surface area contributed by atoms with Crippen LogP contribution in [0.25, 0.3) is 0 Å². The Morgan fingerprint density at radius 1 is 1.39 bits per heavy atom. The summed E-state index contributed by atoms with van der Waals surface area (Å²) in [6, 6.07) is 12.0. The highest BCUT2D eigenvalue weighted by molar-refractivity contribution is 5.85. The third-order valence-electron chi connectivity index (χ3n) is 2.50. The Hall–Kier alpha value is -2.74. The Bertz CT molecular complexity index is 625. The summed E-state index contributed by atoms with van der Waals surface area (Å²) in [7, 11) is 1.74. The average molecular weight is 242 g/mol. The summed E-state index contributed by atoms with van der Waals surface area (Å²) in [6.45, 7) is 0. The van der Waals surface area contributed by atoms with Crippen molar-refractivity contribution in [1.29, 1.82) is 5.26 Å². The summed E-state index contributed by atoms with van der Waals surface area (Å²) < 4.78 is 5.18. The summed E-state index contributed by atoms with van der Waals surface area (Å²) in [4.78, 5) is 12.4. The number of aromatic carboxylic acids is 1. The molecule has 0 aliphatic rings. The Morgan fingerprint density at radius 3 is 2.78 bits per heavy atom. The molecule has 90 valence electrons. The zero-order valence-electron chi connectivity index (χ0n) is 9.62. The predicted octanol–water partition coefficient (Wildman–Crippen LogP) is 2.62. The first-order valence-corrected chi connectivity index (χ1v) is 5.19. The predicted molar refractivity (Wildman–Crippen MR) is 64.9 cm³/mol. The van der Waals surface area contributed by atoms with E-state index in [1.165, 1.54) is 6.07 Å². The minimum Gasteiger partial charge on any atom is -0.475 e. The van der Waals surface area contributed by atoms with Crippen molar-refractivity contribution < 1.29 is 14.3 Å². The van der Waals surface area contributed by atoms with Gasteiger partial charge >= 0.3 is 5.97 Å². The van der Waals surface area contributed by atoms with Crippen LogP contribution in [0.1, 0.15) is 16.1 Å². The minimum atomic E-state index is -1.11. The van der Waals surface area contributed by atoms with Gasteiger partial charge in [-0.05, 0) is 24.3 Å². The van der Waals surface area contributed by atoms with Crippen molar-refractivity contribution in [3.05, 3.63) is 47.7 Å². The van der Waals surface area contributed by atoms with Crippen LogP contribution in [0, 0.1) is 11.3 Å². The topological polar surface area (TPSA) is 77.5 Å². The van der Waals surface area contributed by atoms with E-state index in [1.54, 1.807) is 36.2 Å². The van der Waals surface area contributed by atoms with Crippen LogP contribution in [0.15, 0.2) is 40.8 Å². The van der Waals surface area contributed by atoms with Crippen molar-refractivity contribution in [3.63, 3.8) is 0 Å². The first-order chi connectivity index (χ1) is 8.61. The van der Waals surface area contributed by atoms with E-state index in [2.05, 4.69) is 0 Å². The second-order valence-corrected chi connectivity index (χ2v) is 3.66. The fourth-order valence-electron chi connectivity index (χ4n) is 1.53. The molecule has 0 spiro atoms. The summed E-state index contributed by atoms with van der Waals surface area (Å²) >= 11 is 0. The summed E-state index contributed by atoms with van der Waals surface area (Å²) in [5.41, 5.74) is 1.28. The molecular formula is C13H10N2O3. The molecule has 2 aromatic rings. The number of benzene rings is 1. The molecule has 5 heteroatoms. The molecule has 0 aliphatic carbocycles. The van der Waals surface area contributed by atoms with Gasteiger partial charge in [0.15, 0.2) is 0 Å². The van der Waals surface area contributed by atoms with Gasteiger partial charge in [-0.15, -0.1) is 0 Å². The fraction of sp³-hybridized carbons (Fsp3) is 0.0769. The molecule has 0 saturated heterocycles. The van der Waals surface area contributed by atoms with Gasteiger partial charge in [-0.3, -0.25) is 0 Å². The number of hydrogen-bond acceptors (Lipinski definition) is 4. The van der Waals surface area contributed by atoms with Crippen LogP contribution in [-0.4, -0.2) is 18.1 Å². The number of anilines is 2. The molecule has 0 radical (unpaired) electrons.